The van der Waals surface area contributed by atoms with Crippen molar-refractivity contribution in [2.45, 2.75) is 50.5 Å². The van der Waals surface area contributed by atoms with Crippen LogP contribution >= 0.6 is 11.3 Å². The molecule has 2 rings (SSSR count). The molecule has 0 unspecified atom stereocenters. The minimum Gasteiger partial charge on any atom is -0.388 e. The molecule has 0 spiro atoms. The largest absolute Gasteiger partial charge is 0.388 e. The Balaban J connectivity index is 1.63. The van der Waals surface area contributed by atoms with Crippen LogP contribution in [0, 0.1) is 0 Å². The molecule has 0 atom stereocenters. The van der Waals surface area contributed by atoms with Crippen LogP contribution in [0.25, 0.3) is 0 Å². The normalized spacial score (nSPS) is 18.2. The van der Waals surface area contributed by atoms with Crippen molar-refractivity contribution in [2.75, 3.05) is 13.1 Å². The first-order valence-corrected chi connectivity index (χ1v) is 8.32. The molecule has 0 saturated heterocycles. The maximum Gasteiger partial charge on any atom is 0.314 e. The van der Waals surface area contributed by atoms with Crippen molar-refractivity contribution in [3.05, 3.63) is 22.4 Å². The predicted molar refractivity (Wildman–Crippen MR) is 82.1 cm³/mol. The molecule has 2 amide bonds. The van der Waals surface area contributed by atoms with Crippen molar-refractivity contribution in [1.29, 1.82) is 0 Å². The number of hydrogen-bond acceptors (Lipinski definition) is 3. The molecule has 1 saturated carbocycles. The molecule has 0 aliphatic heterocycles. The Morgan fingerprint density at radius 1 is 1.25 bits per heavy atom. The SMILES string of the molecule is O=C(NCCc1cccs1)NCC1(O)CCCCCC1. The van der Waals surface area contributed by atoms with Crippen molar-refractivity contribution < 1.29 is 9.90 Å². The molecule has 0 aromatic carbocycles. The predicted octanol–water partition coefficient (Wildman–Crippen LogP) is 2.68. The molecule has 3 N–H and O–H groups in total. The van der Waals surface area contributed by atoms with Gasteiger partial charge >= 0.3 is 6.03 Å². The zero-order chi connectivity index (χ0) is 14.3. The fourth-order valence-electron chi connectivity index (χ4n) is 2.62. The molecule has 1 aromatic heterocycles. The lowest BCUT2D eigenvalue weighted by molar-refractivity contribution is 0.0277. The number of nitrogens with one attached hydrogen (secondary N) is 2. The number of carbonyl (C=O) groups excluding carboxylic acids is 1. The first-order valence-electron chi connectivity index (χ1n) is 7.44. The summed E-state index contributed by atoms with van der Waals surface area (Å²) in [5.74, 6) is 0. The lowest BCUT2D eigenvalue weighted by atomic mass is 9.95. The molecular weight excluding hydrogens is 272 g/mol. The van der Waals surface area contributed by atoms with Crippen LogP contribution in [-0.2, 0) is 6.42 Å². The summed E-state index contributed by atoms with van der Waals surface area (Å²) < 4.78 is 0. The average Bonchev–Trinajstić information content (AvgIpc) is 2.85. The minimum absolute atomic E-state index is 0.181. The number of aliphatic hydroxyl groups is 1. The second-order valence-electron chi connectivity index (χ2n) is 5.58. The Kier molecular flexibility index (Phi) is 5.86. The van der Waals surface area contributed by atoms with Gasteiger partial charge in [-0.3, -0.25) is 0 Å². The molecular formula is C15H24N2O2S. The summed E-state index contributed by atoms with van der Waals surface area (Å²) in [6.45, 7) is 0.989. The Hall–Kier alpha value is -1.07. The van der Waals surface area contributed by atoms with E-state index in [2.05, 4.69) is 16.7 Å². The summed E-state index contributed by atoms with van der Waals surface area (Å²) in [5.41, 5.74) is -0.707. The first-order chi connectivity index (χ1) is 9.68. The lowest BCUT2D eigenvalue weighted by Gasteiger charge is -2.26. The van der Waals surface area contributed by atoms with Crippen LogP contribution in [-0.4, -0.2) is 29.8 Å². The van der Waals surface area contributed by atoms with E-state index in [0.717, 1.165) is 32.1 Å². The van der Waals surface area contributed by atoms with E-state index in [1.54, 1.807) is 11.3 Å². The minimum atomic E-state index is -0.707. The van der Waals surface area contributed by atoms with Gasteiger partial charge in [-0.25, -0.2) is 4.79 Å². The highest BCUT2D eigenvalue weighted by atomic mass is 32.1. The van der Waals surface area contributed by atoms with Crippen LogP contribution in [0.3, 0.4) is 0 Å². The molecule has 1 fully saturated rings. The lowest BCUT2D eigenvalue weighted by Crippen LogP contribution is -2.46. The van der Waals surface area contributed by atoms with Gasteiger partial charge in [0.15, 0.2) is 0 Å². The Bertz CT molecular complexity index is 398. The van der Waals surface area contributed by atoms with Gasteiger partial charge in [0, 0.05) is 18.0 Å². The quantitative estimate of drug-likeness (QED) is 0.732. The Morgan fingerprint density at radius 3 is 2.65 bits per heavy atom. The zero-order valence-corrected chi connectivity index (χ0v) is 12.7. The molecule has 4 nitrogen and oxygen atoms in total. The highest BCUT2D eigenvalue weighted by molar-refractivity contribution is 7.09. The zero-order valence-electron chi connectivity index (χ0n) is 11.9. The number of thiophene rings is 1. The van der Waals surface area contributed by atoms with E-state index in [1.165, 1.54) is 17.7 Å². The first kappa shape index (κ1) is 15.3. The summed E-state index contributed by atoms with van der Waals surface area (Å²) in [5, 5.41) is 18.1. The van der Waals surface area contributed by atoms with Gasteiger partial charge in [-0.15, -0.1) is 11.3 Å². The van der Waals surface area contributed by atoms with E-state index in [1.807, 2.05) is 11.4 Å². The molecule has 1 aliphatic rings. The van der Waals surface area contributed by atoms with Gasteiger partial charge in [0.05, 0.1) is 5.60 Å². The van der Waals surface area contributed by atoms with E-state index in [4.69, 9.17) is 0 Å². The topological polar surface area (TPSA) is 61.4 Å². The molecule has 1 aromatic rings. The van der Waals surface area contributed by atoms with Gasteiger partial charge in [-0.1, -0.05) is 31.7 Å². The van der Waals surface area contributed by atoms with E-state index in [0.29, 0.717) is 13.1 Å². The summed E-state index contributed by atoms with van der Waals surface area (Å²) in [4.78, 5) is 13.0. The standard InChI is InChI=1S/C15H24N2O2S/c18-14(16-10-7-13-6-5-11-20-13)17-12-15(19)8-3-1-2-4-9-15/h5-6,11,19H,1-4,7-10,12H2,(H2,16,17,18). The smallest absolute Gasteiger partial charge is 0.314 e. The second-order valence-corrected chi connectivity index (χ2v) is 6.61. The molecule has 112 valence electrons. The van der Waals surface area contributed by atoms with Crippen LogP contribution in [0.1, 0.15) is 43.4 Å². The summed E-state index contributed by atoms with van der Waals surface area (Å²) in [6.07, 6.45) is 6.93. The molecule has 1 heterocycles. The Labute approximate surface area is 124 Å². The van der Waals surface area contributed by atoms with E-state index < -0.39 is 5.60 Å². The molecule has 20 heavy (non-hydrogen) atoms. The average molecular weight is 296 g/mol. The summed E-state index contributed by atoms with van der Waals surface area (Å²) in [7, 11) is 0. The number of carbonyl (C=O) groups is 1. The van der Waals surface area contributed by atoms with Crippen LogP contribution in [0.2, 0.25) is 0 Å². The monoisotopic (exact) mass is 296 g/mol. The fourth-order valence-corrected chi connectivity index (χ4v) is 3.33. The molecule has 1 aliphatic carbocycles. The van der Waals surface area contributed by atoms with Gasteiger partial charge in [0.25, 0.3) is 0 Å². The van der Waals surface area contributed by atoms with Crippen LogP contribution in [0.5, 0.6) is 0 Å². The molecule has 0 bridgehead atoms. The summed E-state index contributed by atoms with van der Waals surface area (Å²) in [6, 6.07) is 3.90. The van der Waals surface area contributed by atoms with E-state index in [9.17, 15) is 9.90 Å². The van der Waals surface area contributed by atoms with E-state index in [-0.39, 0.29) is 6.03 Å². The van der Waals surface area contributed by atoms with E-state index >= 15 is 0 Å². The Morgan fingerprint density at radius 2 is 2.00 bits per heavy atom. The fraction of sp³-hybridized carbons (Fsp3) is 0.667. The number of amides is 2. The van der Waals surface area contributed by atoms with Gasteiger partial charge in [-0.05, 0) is 30.7 Å². The number of rotatable bonds is 5. The highest BCUT2D eigenvalue weighted by Crippen LogP contribution is 2.26. The van der Waals surface area contributed by atoms with Crippen molar-refractivity contribution in [3.63, 3.8) is 0 Å². The third-order valence-corrected chi connectivity index (χ3v) is 4.79. The van der Waals surface area contributed by atoms with Crippen molar-refractivity contribution in [3.8, 4) is 0 Å². The van der Waals surface area contributed by atoms with Gasteiger partial charge in [0.1, 0.15) is 0 Å². The maximum atomic E-state index is 11.7. The molecule has 5 heteroatoms. The van der Waals surface area contributed by atoms with Gasteiger partial charge in [-0.2, -0.15) is 0 Å². The van der Waals surface area contributed by atoms with Gasteiger partial charge < -0.3 is 15.7 Å². The highest BCUT2D eigenvalue weighted by Gasteiger charge is 2.28. The van der Waals surface area contributed by atoms with Gasteiger partial charge in [0.2, 0.25) is 0 Å². The van der Waals surface area contributed by atoms with Crippen LogP contribution in [0.4, 0.5) is 4.79 Å². The summed E-state index contributed by atoms with van der Waals surface area (Å²) >= 11 is 1.70. The maximum absolute atomic E-state index is 11.7. The third kappa shape index (κ3) is 5.13. The van der Waals surface area contributed by atoms with Crippen molar-refractivity contribution in [1.82, 2.24) is 10.6 Å². The van der Waals surface area contributed by atoms with Crippen LogP contribution < -0.4 is 10.6 Å². The number of urea groups is 1. The second kappa shape index (κ2) is 7.64. The van der Waals surface area contributed by atoms with Crippen LogP contribution in [0.15, 0.2) is 17.5 Å². The van der Waals surface area contributed by atoms with Crippen molar-refractivity contribution >= 4 is 17.4 Å². The molecule has 0 radical (unpaired) electrons. The third-order valence-electron chi connectivity index (χ3n) is 3.85. The number of hydrogen-bond donors (Lipinski definition) is 3. The van der Waals surface area contributed by atoms with Crippen molar-refractivity contribution in [2.24, 2.45) is 0 Å².